The number of amides is 1. The fraction of sp³-hybridized carbons (Fsp3) is 0.310. The first-order valence-electron chi connectivity index (χ1n) is 12.8. The summed E-state index contributed by atoms with van der Waals surface area (Å²) in [6, 6.07) is 18.4. The largest absolute Gasteiger partial charge is 0.497 e. The van der Waals surface area contributed by atoms with Crippen LogP contribution in [0.3, 0.4) is 0 Å². The van der Waals surface area contributed by atoms with Crippen molar-refractivity contribution in [2.24, 2.45) is 0 Å². The molecule has 0 saturated heterocycles. The number of hydrogen-bond donors (Lipinski definition) is 0. The van der Waals surface area contributed by atoms with Crippen LogP contribution in [0.2, 0.25) is 5.02 Å². The fourth-order valence-electron chi connectivity index (χ4n) is 4.49. The van der Waals surface area contributed by atoms with Gasteiger partial charge in [-0.3, -0.25) is 14.9 Å². The Morgan fingerprint density at radius 3 is 2.50 bits per heavy atom. The lowest BCUT2D eigenvalue weighted by molar-refractivity contribution is -0.384. The molecule has 0 spiro atoms. The quantitative estimate of drug-likeness (QED) is 0.163. The fourth-order valence-corrected chi connectivity index (χ4v) is 6.06. The molecule has 0 N–H and O–H groups in total. The van der Waals surface area contributed by atoms with E-state index in [9.17, 15) is 19.7 Å². The normalized spacial score (nSPS) is 16.8. The molecule has 4 rings (SSSR count). The number of nitro groups is 1. The number of hydrogen-bond acceptors (Lipinski definition) is 8. The number of fused-ring (bicyclic) bond motifs is 1. The van der Waals surface area contributed by atoms with Crippen molar-refractivity contribution < 1.29 is 24.0 Å². The van der Waals surface area contributed by atoms with Crippen molar-refractivity contribution in [2.45, 2.75) is 29.6 Å². The van der Waals surface area contributed by atoms with E-state index in [1.54, 1.807) is 24.1 Å². The van der Waals surface area contributed by atoms with Gasteiger partial charge in [0.1, 0.15) is 5.75 Å². The zero-order chi connectivity index (χ0) is 28.8. The molecule has 9 nitrogen and oxygen atoms in total. The van der Waals surface area contributed by atoms with Crippen LogP contribution in [0.25, 0.3) is 0 Å². The Balaban J connectivity index is 1.75. The van der Waals surface area contributed by atoms with Crippen molar-refractivity contribution in [1.82, 2.24) is 4.90 Å². The number of non-ortho nitro benzene ring substituents is 1. The second kappa shape index (κ2) is 13.2. The summed E-state index contributed by atoms with van der Waals surface area (Å²) in [5.41, 5.74) is 1.20. The number of ether oxygens (including phenoxy) is 2. The van der Waals surface area contributed by atoms with Crippen molar-refractivity contribution in [2.75, 3.05) is 38.7 Å². The number of thioether (sulfide) groups is 1. The van der Waals surface area contributed by atoms with E-state index in [0.29, 0.717) is 18.8 Å². The molecule has 0 unspecified atom stereocenters. The summed E-state index contributed by atoms with van der Waals surface area (Å²) < 4.78 is 11.2. The molecule has 0 bridgehead atoms. The molecule has 0 fully saturated rings. The lowest BCUT2D eigenvalue weighted by atomic mass is 10.0. The van der Waals surface area contributed by atoms with Gasteiger partial charge < -0.3 is 19.3 Å². The van der Waals surface area contributed by atoms with E-state index in [1.807, 2.05) is 43.4 Å². The predicted octanol–water partition coefficient (Wildman–Crippen LogP) is 6.00. The van der Waals surface area contributed by atoms with E-state index in [4.69, 9.17) is 21.1 Å². The number of para-hydroxylation sites is 1. The average Bonchev–Trinajstić information content (AvgIpc) is 3.06. The highest BCUT2D eigenvalue weighted by atomic mass is 35.5. The molecule has 1 aliphatic rings. The van der Waals surface area contributed by atoms with Gasteiger partial charge >= 0.3 is 5.97 Å². The summed E-state index contributed by atoms with van der Waals surface area (Å²) in [5.74, 6) is -0.554. The first kappa shape index (κ1) is 29.4. The maximum absolute atomic E-state index is 14.3. The molecule has 1 heterocycles. The number of carbonyl (C=O) groups is 2. The topological polar surface area (TPSA) is 102 Å². The van der Waals surface area contributed by atoms with Gasteiger partial charge in [-0.2, -0.15) is 0 Å². The van der Waals surface area contributed by atoms with Crippen LogP contribution in [-0.4, -0.2) is 61.6 Å². The minimum Gasteiger partial charge on any atom is -0.497 e. The lowest BCUT2D eigenvalue weighted by Crippen LogP contribution is -2.45. The maximum atomic E-state index is 14.3. The predicted molar refractivity (Wildman–Crippen MR) is 155 cm³/mol. The van der Waals surface area contributed by atoms with Crippen molar-refractivity contribution in [1.29, 1.82) is 0 Å². The molecule has 11 heteroatoms. The van der Waals surface area contributed by atoms with Crippen molar-refractivity contribution in [3.63, 3.8) is 0 Å². The van der Waals surface area contributed by atoms with E-state index >= 15 is 0 Å². The van der Waals surface area contributed by atoms with Crippen LogP contribution >= 0.6 is 23.4 Å². The highest BCUT2D eigenvalue weighted by Gasteiger charge is 2.41. The monoisotopic (exact) mass is 583 g/mol. The number of rotatable bonds is 10. The molecule has 210 valence electrons. The number of nitrogens with zero attached hydrogens (tertiary/aromatic N) is 3. The van der Waals surface area contributed by atoms with Crippen molar-refractivity contribution in [3.05, 3.63) is 93.0 Å². The molecular weight excluding hydrogens is 554 g/mol. The summed E-state index contributed by atoms with van der Waals surface area (Å²) in [6.07, 6.45) is -0.229. The number of anilines is 1. The third kappa shape index (κ3) is 6.57. The molecular formula is C29H30ClN3O6S. The summed E-state index contributed by atoms with van der Waals surface area (Å²) in [4.78, 5) is 42.9. The molecule has 2 atom stereocenters. The molecule has 40 heavy (non-hydrogen) atoms. The SMILES string of the molecule is CCCN(C)CCN1C(=O)[C@@H](OC(=O)c2ccc([N+](=O)[O-])cc2Cl)[C@@H](c2ccc(OC)cc2)Sc2ccccc21. The number of nitro benzene ring substituents is 1. The van der Waals surface area contributed by atoms with Gasteiger partial charge in [-0.05, 0) is 55.9 Å². The molecule has 3 aromatic carbocycles. The van der Waals surface area contributed by atoms with E-state index in [1.165, 1.54) is 23.9 Å². The van der Waals surface area contributed by atoms with Gasteiger partial charge in [0.25, 0.3) is 11.6 Å². The first-order chi connectivity index (χ1) is 19.2. The van der Waals surface area contributed by atoms with Gasteiger partial charge in [0, 0.05) is 30.1 Å². The Morgan fingerprint density at radius 1 is 1.12 bits per heavy atom. The molecule has 0 aromatic heterocycles. The number of likely N-dealkylation sites (N-methyl/N-ethyl adjacent to an activating group) is 1. The Morgan fingerprint density at radius 2 is 1.85 bits per heavy atom. The maximum Gasteiger partial charge on any atom is 0.340 e. The second-order valence-electron chi connectivity index (χ2n) is 9.32. The van der Waals surface area contributed by atoms with Crippen LogP contribution in [0.15, 0.2) is 71.6 Å². The first-order valence-corrected chi connectivity index (χ1v) is 14.0. The van der Waals surface area contributed by atoms with Crippen LogP contribution in [0, 0.1) is 10.1 Å². The Bertz CT molecular complexity index is 1390. The van der Waals surface area contributed by atoms with E-state index in [2.05, 4.69) is 11.8 Å². The Kier molecular flexibility index (Phi) is 9.67. The molecule has 3 aromatic rings. The lowest BCUT2D eigenvalue weighted by Gasteiger charge is -2.29. The third-order valence-corrected chi connectivity index (χ3v) is 8.25. The van der Waals surface area contributed by atoms with Gasteiger partial charge in [0.2, 0.25) is 0 Å². The second-order valence-corrected chi connectivity index (χ2v) is 10.9. The van der Waals surface area contributed by atoms with Crippen molar-refractivity contribution >= 4 is 46.6 Å². The number of esters is 1. The smallest absolute Gasteiger partial charge is 0.340 e. The average molecular weight is 584 g/mol. The molecule has 0 aliphatic carbocycles. The molecule has 1 amide bonds. The van der Waals surface area contributed by atoms with Gasteiger partial charge in [0.05, 0.1) is 33.6 Å². The van der Waals surface area contributed by atoms with Gasteiger partial charge in [0.15, 0.2) is 6.10 Å². The summed E-state index contributed by atoms with van der Waals surface area (Å²) in [7, 11) is 3.57. The Hall–Kier alpha value is -3.60. The van der Waals surface area contributed by atoms with Crippen molar-refractivity contribution in [3.8, 4) is 5.75 Å². The highest BCUT2D eigenvalue weighted by Crippen LogP contribution is 2.47. The standard InChI is InChI=1S/C29H30ClN3O6S/c1-4-15-31(2)16-17-32-24-7-5-6-8-25(24)40-27(19-9-12-21(38-3)13-10-19)26(28(32)34)39-29(35)22-14-11-20(33(36)37)18-23(22)30/h5-14,18,26-27H,4,15-17H2,1-3H3/t26-,27+/m0/s1. The summed E-state index contributed by atoms with van der Waals surface area (Å²) in [6.45, 7) is 4.00. The molecule has 1 aliphatic heterocycles. The minimum atomic E-state index is -1.21. The van der Waals surface area contributed by atoms with Crippen LogP contribution in [0.4, 0.5) is 11.4 Å². The van der Waals surface area contributed by atoms with Crippen LogP contribution < -0.4 is 9.64 Å². The number of methoxy groups -OCH3 is 1. The number of benzene rings is 3. The van der Waals surface area contributed by atoms with E-state index < -0.39 is 22.2 Å². The zero-order valence-electron chi connectivity index (χ0n) is 22.4. The summed E-state index contributed by atoms with van der Waals surface area (Å²) >= 11 is 7.67. The van der Waals surface area contributed by atoms with Gasteiger partial charge in [-0.25, -0.2) is 4.79 Å². The van der Waals surface area contributed by atoms with Gasteiger partial charge in [-0.1, -0.05) is 42.8 Å². The van der Waals surface area contributed by atoms with Crippen LogP contribution in [0.1, 0.15) is 34.5 Å². The third-order valence-electron chi connectivity index (χ3n) is 6.57. The van der Waals surface area contributed by atoms with Crippen LogP contribution in [-0.2, 0) is 9.53 Å². The summed E-state index contributed by atoms with van der Waals surface area (Å²) in [5, 5.41) is 10.4. The highest BCUT2D eigenvalue weighted by molar-refractivity contribution is 7.99. The number of carbonyl (C=O) groups excluding carboxylic acids is 2. The van der Waals surface area contributed by atoms with Gasteiger partial charge in [-0.15, -0.1) is 11.8 Å². The number of halogens is 1. The van der Waals surface area contributed by atoms with E-state index in [-0.39, 0.29) is 22.2 Å². The molecule has 0 saturated carbocycles. The Labute approximate surface area is 242 Å². The van der Waals surface area contributed by atoms with E-state index in [0.717, 1.165) is 35.2 Å². The zero-order valence-corrected chi connectivity index (χ0v) is 24.0. The van der Waals surface area contributed by atoms with Crippen LogP contribution in [0.5, 0.6) is 5.75 Å². The molecule has 0 radical (unpaired) electrons. The minimum absolute atomic E-state index is 0.0606.